The standard InChI is InChI=1S/C15H20O3/c1-11-6-7-13(18-2)12(10-11)15(14(16)17)8-4-3-5-9-15/h6-7,10H,3-5,8-9H2,1-2H3,(H,16,17). The average molecular weight is 248 g/mol. The number of hydrogen-bond acceptors (Lipinski definition) is 2. The van der Waals surface area contributed by atoms with E-state index in [0.717, 1.165) is 30.4 Å². The molecule has 1 fully saturated rings. The summed E-state index contributed by atoms with van der Waals surface area (Å²) in [6.07, 6.45) is 4.50. The van der Waals surface area contributed by atoms with Crippen LogP contribution in [0.4, 0.5) is 0 Å². The maximum Gasteiger partial charge on any atom is 0.314 e. The van der Waals surface area contributed by atoms with Crippen LogP contribution in [-0.4, -0.2) is 18.2 Å². The summed E-state index contributed by atoms with van der Waals surface area (Å²) in [5, 5.41) is 9.70. The van der Waals surface area contributed by atoms with Gasteiger partial charge in [-0.25, -0.2) is 0 Å². The van der Waals surface area contributed by atoms with Gasteiger partial charge in [0, 0.05) is 5.56 Å². The van der Waals surface area contributed by atoms with Gasteiger partial charge in [-0.2, -0.15) is 0 Å². The van der Waals surface area contributed by atoms with E-state index in [1.165, 1.54) is 0 Å². The largest absolute Gasteiger partial charge is 0.496 e. The molecule has 1 N–H and O–H groups in total. The molecule has 1 aliphatic carbocycles. The minimum atomic E-state index is -0.754. The number of rotatable bonds is 3. The van der Waals surface area contributed by atoms with Crippen molar-refractivity contribution in [3.63, 3.8) is 0 Å². The van der Waals surface area contributed by atoms with Gasteiger partial charge in [0.15, 0.2) is 0 Å². The van der Waals surface area contributed by atoms with Crippen molar-refractivity contribution < 1.29 is 14.6 Å². The van der Waals surface area contributed by atoms with Crippen molar-refractivity contribution in [3.05, 3.63) is 29.3 Å². The summed E-state index contributed by atoms with van der Waals surface area (Å²) >= 11 is 0. The highest BCUT2D eigenvalue weighted by Gasteiger charge is 2.43. The molecular weight excluding hydrogens is 228 g/mol. The number of hydrogen-bond donors (Lipinski definition) is 1. The van der Waals surface area contributed by atoms with Crippen LogP contribution in [0.5, 0.6) is 5.75 Å². The Morgan fingerprint density at radius 1 is 1.28 bits per heavy atom. The summed E-state index contributed by atoms with van der Waals surface area (Å²) in [5.74, 6) is -0.0176. The lowest BCUT2D eigenvalue weighted by Gasteiger charge is -2.34. The van der Waals surface area contributed by atoms with Crippen molar-refractivity contribution in [2.75, 3.05) is 7.11 Å². The van der Waals surface area contributed by atoms with Crippen LogP contribution < -0.4 is 4.74 Å². The van der Waals surface area contributed by atoms with Gasteiger partial charge in [-0.15, -0.1) is 0 Å². The third kappa shape index (κ3) is 2.09. The summed E-state index contributed by atoms with van der Waals surface area (Å²) in [7, 11) is 1.60. The molecule has 1 aromatic carbocycles. The Bertz CT molecular complexity index is 445. The summed E-state index contributed by atoms with van der Waals surface area (Å²) in [4.78, 5) is 11.8. The van der Waals surface area contributed by atoms with Crippen LogP contribution in [0.3, 0.4) is 0 Å². The zero-order valence-electron chi connectivity index (χ0n) is 11.0. The van der Waals surface area contributed by atoms with Crippen LogP contribution in [0.15, 0.2) is 18.2 Å². The molecular formula is C15H20O3. The van der Waals surface area contributed by atoms with Crippen molar-refractivity contribution in [1.82, 2.24) is 0 Å². The Hall–Kier alpha value is -1.51. The van der Waals surface area contributed by atoms with Crippen molar-refractivity contribution in [3.8, 4) is 5.75 Å². The molecule has 0 radical (unpaired) electrons. The molecule has 1 saturated carbocycles. The molecule has 0 atom stereocenters. The first-order chi connectivity index (χ1) is 8.60. The number of carboxylic acids is 1. The molecule has 0 spiro atoms. The SMILES string of the molecule is COc1ccc(C)cc1C1(C(=O)O)CCCCC1. The van der Waals surface area contributed by atoms with Gasteiger partial charge in [0.25, 0.3) is 0 Å². The average Bonchev–Trinajstić information content (AvgIpc) is 2.39. The number of carbonyl (C=O) groups is 1. The lowest BCUT2D eigenvalue weighted by atomic mass is 9.69. The number of carboxylic acid groups (broad SMARTS) is 1. The van der Waals surface area contributed by atoms with Gasteiger partial charge in [-0.3, -0.25) is 4.79 Å². The smallest absolute Gasteiger partial charge is 0.314 e. The highest BCUT2D eigenvalue weighted by atomic mass is 16.5. The van der Waals surface area contributed by atoms with E-state index in [9.17, 15) is 9.90 Å². The first kappa shape index (κ1) is 12.9. The normalized spacial score (nSPS) is 18.3. The fourth-order valence-electron chi connectivity index (χ4n) is 2.95. The van der Waals surface area contributed by atoms with Crippen LogP contribution in [-0.2, 0) is 10.2 Å². The Morgan fingerprint density at radius 3 is 2.50 bits per heavy atom. The molecule has 0 saturated heterocycles. The van der Waals surface area contributed by atoms with Crippen LogP contribution >= 0.6 is 0 Å². The second-order valence-electron chi connectivity index (χ2n) is 5.15. The van der Waals surface area contributed by atoms with E-state index < -0.39 is 11.4 Å². The number of aryl methyl sites for hydroxylation is 1. The highest BCUT2D eigenvalue weighted by Crippen LogP contribution is 2.43. The van der Waals surface area contributed by atoms with Gasteiger partial charge in [-0.1, -0.05) is 37.0 Å². The van der Waals surface area contributed by atoms with Crippen molar-refractivity contribution >= 4 is 5.97 Å². The Kier molecular flexibility index (Phi) is 3.60. The van der Waals surface area contributed by atoms with E-state index in [-0.39, 0.29) is 0 Å². The third-order valence-corrected chi connectivity index (χ3v) is 3.99. The van der Waals surface area contributed by atoms with E-state index in [0.29, 0.717) is 18.6 Å². The van der Waals surface area contributed by atoms with E-state index in [1.54, 1.807) is 7.11 Å². The van der Waals surface area contributed by atoms with Crippen molar-refractivity contribution in [2.24, 2.45) is 0 Å². The molecule has 1 aliphatic rings. The fourth-order valence-corrected chi connectivity index (χ4v) is 2.95. The van der Waals surface area contributed by atoms with Gasteiger partial charge in [0.05, 0.1) is 12.5 Å². The summed E-state index contributed by atoms with van der Waals surface area (Å²) in [5.41, 5.74) is 1.17. The number of aliphatic carboxylic acids is 1. The van der Waals surface area contributed by atoms with Gasteiger partial charge < -0.3 is 9.84 Å². The summed E-state index contributed by atoms with van der Waals surface area (Å²) in [6, 6.07) is 5.81. The van der Waals surface area contributed by atoms with E-state index in [4.69, 9.17) is 4.74 Å². The van der Waals surface area contributed by atoms with Crippen LogP contribution in [0.25, 0.3) is 0 Å². The minimum Gasteiger partial charge on any atom is -0.496 e. The number of benzene rings is 1. The monoisotopic (exact) mass is 248 g/mol. The zero-order chi connectivity index (χ0) is 13.2. The van der Waals surface area contributed by atoms with E-state index in [1.807, 2.05) is 25.1 Å². The Balaban J connectivity index is 2.54. The second kappa shape index (κ2) is 5.01. The first-order valence-electron chi connectivity index (χ1n) is 6.49. The number of methoxy groups -OCH3 is 1. The minimum absolute atomic E-state index is 0.699. The Morgan fingerprint density at radius 2 is 1.94 bits per heavy atom. The molecule has 3 heteroatoms. The quantitative estimate of drug-likeness (QED) is 0.892. The molecule has 0 amide bonds. The van der Waals surface area contributed by atoms with Crippen molar-refractivity contribution in [1.29, 1.82) is 0 Å². The molecule has 0 heterocycles. The summed E-state index contributed by atoms with van der Waals surface area (Å²) in [6.45, 7) is 1.99. The van der Waals surface area contributed by atoms with E-state index >= 15 is 0 Å². The molecule has 2 rings (SSSR count). The zero-order valence-corrected chi connectivity index (χ0v) is 11.0. The second-order valence-corrected chi connectivity index (χ2v) is 5.15. The predicted molar refractivity (Wildman–Crippen MR) is 70.1 cm³/mol. The van der Waals surface area contributed by atoms with E-state index in [2.05, 4.69) is 0 Å². The molecule has 0 bridgehead atoms. The van der Waals surface area contributed by atoms with Gasteiger partial charge in [0.1, 0.15) is 5.75 Å². The maximum atomic E-state index is 11.8. The van der Waals surface area contributed by atoms with Crippen LogP contribution in [0.2, 0.25) is 0 Å². The highest BCUT2D eigenvalue weighted by molar-refractivity contribution is 5.82. The molecule has 3 nitrogen and oxygen atoms in total. The molecule has 0 aliphatic heterocycles. The topological polar surface area (TPSA) is 46.5 Å². The van der Waals surface area contributed by atoms with Gasteiger partial charge in [0.2, 0.25) is 0 Å². The lowest BCUT2D eigenvalue weighted by Crippen LogP contribution is -2.38. The predicted octanol–water partition coefficient (Wildman–Crippen LogP) is 3.29. The van der Waals surface area contributed by atoms with Gasteiger partial charge >= 0.3 is 5.97 Å². The molecule has 18 heavy (non-hydrogen) atoms. The number of ether oxygens (including phenoxy) is 1. The maximum absolute atomic E-state index is 11.8. The molecule has 0 unspecified atom stereocenters. The van der Waals surface area contributed by atoms with Gasteiger partial charge in [-0.05, 0) is 25.8 Å². The van der Waals surface area contributed by atoms with Crippen LogP contribution in [0.1, 0.15) is 43.2 Å². The lowest BCUT2D eigenvalue weighted by molar-refractivity contribution is -0.145. The third-order valence-electron chi connectivity index (χ3n) is 3.99. The van der Waals surface area contributed by atoms with Crippen LogP contribution in [0, 0.1) is 6.92 Å². The molecule has 98 valence electrons. The first-order valence-corrected chi connectivity index (χ1v) is 6.49. The Labute approximate surface area is 108 Å². The van der Waals surface area contributed by atoms with Crippen molar-refractivity contribution in [2.45, 2.75) is 44.4 Å². The summed E-state index contributed by atoms with van der Waals surface area (Å²) < 4.78 is 5.37. The fraction of sp³-hybridized carbons (Fsp3) is 0.533. The molecule has 1 aromatic rings. The molecule has 0 aromatic heterocycles.